The Bertz CT molecular complexity index is 720. The van der Waals surface area contributed by atoms with Crippen LogP contribution in [0.15, 0.2) is 22.1 Å². The van der Waals surface area contributed by atoms with Gasteiger partial charge >= 0.3 is 0 Å². The molecule has 1 aliphatic carbocycles. The lowest BCUT2D eigenvalue weighted by molar-refractivity contribution is -0.109. The van der Waals surface area contributed by atoms with E-state index in [1.807, 2.05) is 6.08 Å². The van der Waals surface area contributed by atoms with Crippen molar-refractivity contribution in [2.45, 2.75) is 19.8 Å². The number of hydrogen-bond donors (Lipinski definition) is 1. The molecule has 1 aliphatic heterocycles. The maximum Gasteiger partial charge on any atom is 0.202 e. The first-order valence-corrected chi connectivity index (χ1v) is 7.30. The van der Waals surface area contributed by atoms with Gasteiger partial charge in [0.05, 0.1) is 15.5 Å². The fourth-order valence-electron chi connectivity index (χ4n) is 2.21. The Kier molecular flexibility index (Phi) is 3.36. The number of carbonyl (C=O) groups excluding carboxylic acids is 1. The molecule has 110 valence electrons. The van der Waals surface area contributed by atoms with E-state index in [1.165, 1.54) is 0 Å². The number of allylic oxidation sites excluding steroid dienone is 3. The zero-order chi connectivity index (χ0) is 15.3. The van der Waals surface area contributed by atoms with Gasteiger partial charge in [-0.05, 0) is 31.7 Å². The third-order valence-corrected chi connectivity index (χ3v) is 4.54. The lowest BCUT2D eigenvalue weighted by atomic mass is 9.98. The van der Waals surface area contributed by atoms with Crippen LogP contribution in [0.1, 0.15) is 24.0 Å². The van der Waals surface area contributed by atoms with Gasteiger partial charge in [-0.15, -0.1) is 0 Å². The Morgan fingerprint density at radius 1 is 1.29 bits per heavy atom. The molecular formula is C15H12F3NOS. The first-order chi connectivity index (χ1) is 9.90. The zero-order valence-electron chi connectivity index (χ0n) is 11.2. The first-order valence-electron chi connectivity index (χ1n) is 6.48. The van der Waals surface area contributed by atoms with E-state index >= 15 is 0 Å². The van der Waals surface area contributed by atoms with Crippen molar-refractivity contribution < 1.29 is 18.0 Å². The maximum absolute atomic E-state index is 14.2. The van der Waals surface area contributed by atoms with Crippen LogP contribution in [-0.2, 0) is 4.79 Å². The summed E-state index contributed by atoms with van der Waals surface area (Å²) in [4.78, 5) is 12.8. The summed E-state index contributed by atoms with van der Waals surface area (Å²) in [5.41, 5.74) is 4.98. The molecule has 21 heavy (non-hydrogen) atoms. The molecule has 1 fully saturated rings. The third kappa shape index (κ3) is 2.37. The Balaban J connectivity index is 2.08. The molecule has 0 bridgehead atoms. The number of ketones is 1. The summed E-state index contributed by atoms with van der Waals surface area (Å²) in [6.45, 7) is 1.13. The van der Waals surface area contributed by atoms with Crippen molar-refractivity contribution in [3.63, 3.8) is 0 Å². The number of carbonyl (C=O) groups is 1. The van der Waals surface area contributed by atoms with Gasteiger partial charge in [0.25, 0.3) is 0 Å². The summed E-state index contributed by atoms with van der Waals surface area (Å²) < 4.78 is 41.0. The van der Waals surface area contributed by atoms with E-state index < -0.39 is 28.8 Å². The largest absolute Gasteiger partial charge is 0.393 e. The van der Waals surface area contributed by atoms with Crippen molar-refractivity contribution in [3.8, 4) is 0 Å². The summed E-state index contributed by atoms with van der Waals surface area (Å²) in [5, 5.41) is 0.121. The zero-order valence-corrected chi connectivity index (χ0v) is 12.0. The normalized spacial score (nSPS) is 20.8. The molecule has 1 saturated carbocycles. The lowest BCUT2D eigenvalue weighted by Crippen LogP contribution is -2.07. The molecular weight excluding hydrogens is 299 g/mol. The van der Waals surface area contributed by atoms with E-state index in [0.29, 0.717) is 16.9 Å². The highest BCUT2D eigenvalue weighted by molar-refractivity contribution is 8.08. The topological polar surface area (TPSA) is 43.1 Å². The second-order valence-corrected chi connectivity index (χ2v) is 6.28. The standard InChI is InChI=1S/C15H12F3NOS/c1-6-12(17)8(5-9(16)13(6)18)11-14(20)10(21-15(11)19)4-7-2-3-7/h4-5,7H,2-3,19H2,1H3. The van der Waals surface area contributed by atoms with Gasteiger partial charge in [0, 0.05) is 11.1 Å². The first kappa shape index (κ1) is 14.3. The van der Waals surface area contributed by atoms with Crippen LogP contribution in [0.2, 0.25) is 0 Å². The highest BCUT2D eigenvalue weighted by Crippen LogP contribution is 2.44. The number of hydrogen-bond acceptors (Lipinski definition) is 3. The molecule has 2 nitrogen and oxygen atoms in total. The number of benzene rings is 1. The number of halogens is 3. The molecule has 0 atom stereocenters. The van der Waals surface area contributed by atoms with Crippen molar-refractivity contribution in [1.82, 2.24) is 0 Å². The summed E-state index contributed by atoms with van der Waals surface area (Å²) in [7, 11) is 0. The summed E-state index contributed by atoms with van der Waals surface area (Å²) in [6, 6.07) is 0.693. The van der Waals surface area contributed by atoms with E-state index in [-0.39, 0.29) is 16.2 Å². The Labute approximate surface area is 123 Å². The fraction of sp³-hybridized carbons (Fsp3) is 0.267. The van der Waals surface area contributed by atoms with Gasteiger partial charge in [0.15, 0.2) is 11.6 Å². The molecule has 0 radical (unpaired) electrons. The molecule has 1 aromatic rings. The SMILES string of the molecule is Cc1c(F)c(F)cc(C2=C(N)SC(=CC3CC3)C2=O)c1F. The Morgan fingerprint density at radius 3 is 2.57 bits per heavy atom. The predicted molar refractivity (Wildman–Crippen MR) is 75.6 cm³/mol. The molecule has 0 spiro atoms. The minimum Gasteiger partial charge on any atom is -0.393 e. The summed E-state index contributed by atoms with van der Waals surface area (Å²) >= 11 is 1.06. The van der Waals surface area contributed by atoms with Crippen LogP contribution in [0, 0.1) is 30.3 Å². The van der Waals surface area contributed by atoms with Crippen LogP contribution < -0.4 is 5.73 Å². The third-order valence-electron chi connectivity index (χ3n) is 3.57. The lowest BCUT2D eigenvalue weighted by Gasteiger charge is -2.08. The van der Waals surface area contributed by atoms with Gasteiger partial charge in [-0.2, -0.15) is 0 Å². The molecule has 1 heterocycles. The molecule has 0 unspecified atom stereocenters. The van der Waals surface area contributed by atoms with Gasteiger partial charge in [-0.1, -0.05) is 17.8 Å². The van der Waals surface area contributed by atoms with Gasteiger partial charge in [0.2, 0.25) is 5.78 Å². The molecule has 0 amide bonds. The van der Waals surface area contributed by atoms with Crippen LogP contribution in [-0.4, -0.2) is 5.78 Å². The quantitative estimate of drug-likeness (QED) is 0.670. The van der Waals surface area contributed by atoms with Crippen molar-refractivity contribution >= 4 is 23.1 Å². The minimum atomic E-state index is -1.25. The fourth-order valence-corrected chi connectivity index (χ4v) is 3.20. The number of Topliss-reactive ketones (excluding diaryl/α,β-unsaturated/α-hetero) is 1. The van der Waals surface area contributed by atoms with E-state index in [9.17, 15) is 18.0 Å². The van der Waals surface area contributed by atoms with Gasteiger partial charge in [-0.25, -0.2) is 13.2 Å². The van der Waals surface area contributed by atoms with Crippen LogP contribution in [0.3, 0.4) is 0 Å². The smallest absolute Gasteiger partial charge is 0.202 e. The molecule has 6 heteroatoms. The van der Waals surface area contributed by atoms with Crippen LogP contribution in [0.4, 0.5) is 13.2 Å². The van der Waals surface area contributed by atoms with Crippen molar-refractivity contribution in [3.05, 3.63) is 50.7 Å². The van der Waals surface area contributed by atoms with Crippen molar-refractivity contribution in [2.75, 3.05) is 0 Å². The van der Waals surface area contributed by atoms with E-state index in [0.717, 1.165) is 31.5 Å². The maximum atomic E-state index is 14.2. The number of nitrogens with two attached hydrogens (primary N) is 1. The average molecular weight is 311 g/mol. The highest BCUT2D eigenvalue weighted by atomic mass is 32.2. The second-order valence-electron chi connectivity index (χ2n) is 5.20. The molecule has 2 N–H and O–H groups in total. The van der Waals surface area contributed by atoms with Crippen LogP contribution in [0.25, 0.3) is 5.57 Å². The predicted octanol–water partition coefficient (Wildman–Crippen LogP) is 3.65. The average Bonchev–Trinajstić information content (AvgIpc) is 3.20. The van der Waals surface area contributed by atoms with Gasteiger partial charge in [0.1, 0.15) is 5.82 Å². The molecule has 0 aromatic heterocycles. The molecule has 1 aromatic carbocycles. The van der Waals surface area contributed by atoms with Crippen molar-refractivity contribution in [2.24, 2.45) is 11.7 Å². The Hall–Kier alpha value is -1.69. The minimum absolute atomic E-state index is 0.0774. The van der Waals surface area contributed by atoms with Gasteiger partial charge < -0.3 is 5.73 Å². The van der Waals surface area contributed by atoms with Crippen molar-refractivity contribution in [1.29, 1.82) is 0 Å². The van der Waals surface area contributed by atoms with E-state index in [4.69, 9.17) is 5.73 Å². The van der Waals surface area contributed by atoms with Crippen LogP contribution in [0.5, 0.6) is 0 Å². The van der Waals surface area contributed by atoms with Crippen LogP contribution >= 0.6 is 11.8 Å². The van der Waals surface area contributed by atoms with E-state index in [2.05, 4.69) is 0 Å². The number of thioether (sulfide) groups is 1. The summed E-state index contributed by atoms with van der Waals surface area (Å²) in [6.07, 6.45) is 3.86. The number of rotatable bonds is 2. The van der Waals surface area contributed by atoms with Gasteiger partial charge in [-0.3, -0.25) is 4.79 Å². The highest BCUT2D eigenvalue weighted by Gasteiger charge is 2.33. The molecule has 2 aliphatic rings. The molecule has 0 saturated heterocycles. The Morgan fingerprint density at radius 2 is 1.95 bits per heavy atom. The monoisotopic (exact) mass is 311 g/mol. The van der Waals surface area contributed by atoms with E-state index in [1.54, 1.807) is 0 Å². The second kappa shape index (κ2) is 4.94. The summed E-state index contributed by atoms with van der Waals surface area (Å²) in [5.74, 6) is -3.45. The molecule has 3 rings (SSSR count).